The summed E-state index contributed by atoms with van der Waals surface area (Å²) in [6, 6.07) is 1.79. The van der Waals surface area contributed by atoms with E-state index in [1.807, 2.05) is 6.92 Å². The summed E-state index contributed by atoms with van der Waals surface area (Å²) in [5.74, 6) is 0.0457. The van der Waals surface area contributed by atoms with Crippen molar-refractivity contribution in [3.05, 3.63) is 18.0 Å². The number of aromatic amines is 1. The van der Waals surface area contributed by atoms with Crippen molar-refractivity contribution in [1.29, 1.82) is 0 Å². The van der Waals surface area contributed by atoms with E-state index >= 15 is 0 Å². The SMILES string of the molecule is CCN(CCOCCO)C(=O)Cc1ccn[nH]1. The van der Waals surface area contributed by atoms with Gasteiger partial charge in [0.15, 0.2) is 0 Å². The smallest absolute Gasteiger partial charge is 0.228 e. The van der Waals surface area contributed by atoms with Crippen LogP contribution in [0.15, 0.2) is 12.3 Å². The Morgan fingerprint density at radius 2 is 2.41 bits per heavy atom. The van der Waals surface area contributed by atoms with Gasteiger partial charge in [0.2, 0.25) is 5.91 Å². The normalized spacial score (nSPS) is 10.5. The fourth-order valence-electron chi connectivity index (χ4n) is 1.46. The molecule has 0 spiro atoms. The molecule has 1 aromatic heterocycles. The molecular formula is C11H19N3O3. The summed E-state index contributed by atoms with van der Waals surface area (Å²) in [6.07, 6.45) is 1.96. The largest absolute Gasteiger partial charge is 0.394 e. The molecule has 6 nitrogen and oxygen atoms in total. The van der Waals surface area contributed by atoms with Gasteiger partial charge in [0.1, 0.15) is 0 Å². The van der Waals surface area contributed by atoms with Crippen LogP contribution in [0.4, 0.5) is 0 Å². The van der Waals surface area contributed by atoms with Gasteiger partial charge in [0, 0.05) is 25.0 Å². The second-order valence-electron chi connectivity index (χ2n) is 3.57. The summed E-state index contributed by atoms with van der Waals surface area (Å²) in [5.41, 5.74) is 0.810. The maximum atomic E-state index is 11.9. The number of nitrogens with zero attached hydrogens (tertiary/aromatic N) is 2. The van der Waals surface area contributed by atoms with Crippen LogP contribution in [0.3, 0.4) is 0 Å². The first-order valence-corrected chi connectivity index (χ1v) is 5.72. The van der Waals surface area contributed by atoms with Crippen molar-refractivity contribution in [2.24, 2.45) is 0 Å². The number of H-pyrrole nitrogens is 1. The third kappa shape index (κ3) is 4.97. The second-order valence-corrected chi connectivity index (χ2v) is 3.57. The second kappa shape index (κ2) is 7.81. The van der Waals surface area contributed by atoms with Gasteiger partial charge in [-0.1, -0.05) is 0 Å². The zero-order chi connectivity index (χ0) is 12.5. The number of hydrogen-bond acceptors (Lipinski definition) is 4. The number of carbonyl (C=O) groups excluding carboxylic acids is 1. The highest BCUT2D eigenvalue weighted by Crippen LogP contribution is 1.99. The van der Waals surface area contributed by atoms with Crippen molar-refractivity contribution in [3.8, 4) is 0 Å². The highest BCUT2D eigenvalue weighted by Gasteiger charge is 2.12. The fourth-order valence-corrected chi connectivity index (χ4v) is 1.46. The summed E-state index contributed by atoms with van der Waals surface area (Å²) in [6.45, 7) is 3.89. The van der Waals surface area contributed by atoms with Crippen molar-refractivity contribution < 1.29 is 14.6 Å². The molecule has 0 atom stereocenters. The standard InChI is InChI=1S/C11H19N3O3/c1-2-14(5-7-17-8-6-15)11(16)9-10-3-4-12-13-10/h3-4,15H,2,5-9H2,1H3,(H,12,13). The van der Waals surface area contributed by atoms with Crippen molar-refractivity contribution in [1.82, 2.24) is 15.1 Å². The van der Waals surface area contributed by atoms with E-state index in [1.54, 1.807) is 17.2 Å². The van der Waals surface area contributed by atoms with Gasteiger partial charge in [-0.3, -0.25) is 9.89 Å². The molecule has 0 fully saturated rings. The molecule has 1 amide bonds. The number of aromatic nitrogens is 2. The lowest BCUT2D eigenvalue weighted by Crippen LogP contribution is -2.35. The molecule has 0 aliphatic carbocycles. The van der Waals surface area contributed by atoms with Crippen molar-refractivity contribution in [2.75, 3.05) is 32.9 Å². The number of hydrogen-bond donors (Lipinski definition) is 2. The van der Waals surface area contributed by atoms with E-state index in [0.29, 0.717) is 32.7 Å². The van der Waals surface area contributed by atoms with Crippen LogP contribution >= 0.6 is 0 Å². The van der Waals surface area contributed by atoms with Crippen LogP contribution in [0.2, 0.25) is 0 Å². The molecule has 0 aliphatic heterocycles. The Balaban J connectivity index is 2.31. The monoisotopic (exact) mass is 241 g/mol. The molecule has 0 bridgehead atoms. The molecule has 1 aromatic rings. The minimum absolute atomic E-state index is 0.00815. The molecular weight excluding hydrogens is 222 g/mol. The average Bonchev–Trinajstić information content (AvgIpc) is 2.82. The first-order chi connectivity index (χ1) is 8.27. The lowest BCUT2D eigenvalue weighted by Gasteiger charge is -2.20. The summed E-state index contributed by atoms with van der Waals surface area (Å²) < 4.78 is 5.14. The van der Waals surface area contributed by atoms with E-state index in [-0.39, 0.29) is 12.5 Å². The third-order valence-corrected chi connectivity index (χ3v) is 2.38. The highest BCUT2D eigenvalue weighted by molar-refractivity contribution is 5.78. The van der Waals surface area contributed by atoms with Crippen LogP contribution < -0.4 is 0 Å². The maximum Gasteiger partial charge on any atom is 0.228 e. The molecule has 0 saturated carbocycles. The fraction of sp³-hybridized carbons (Fsp3) is 0.636. The number of aliphatic hydroxyl groups is 1. The Morgan fingerprint density at radius 1 is 1.59 bits per heavy atom. The summed E-state index contributed by atoms with van der Waals surface area (Å²) in [7, 11) is 0. The van der Waals surface area contributed by atoms with Crippen LogP contribution in [0.25, 0.3) is 0 Å². The van der Waals surface area contributed by atoms with Gasteiger partial charge in [0.05, 0.1) is 26.2 Å². The van der Waals surface area contributed by atoms with E-state index in [9.17, 15) is 4.79 Å². The number of nitrogens with one attached hydrogen (secondary N) is 1. The van der Waals surface area contributed by atoms with E-state index < -0.39 is 0 Å². The van der Waals surface area contributed by atoms with Gasteiger partial charge in [0.25, 0.3) is 0 Å². The Bertz CT molecular complexity index is 314. The molecule has 17 heavy (non-hydrogen) atoms. The highest BCUT2D eigenvalue weighted by atomic mass is 16.5. The molecule has 0 radical (unpaired) electrons. The van der Waals surface area contributed by atoms with E-state index in [1.165, 1.54) is 0 Å². The predicted molar refractivity (Wildman–Crippen MR) is 62.5 cm³/mol. The number of ether oxygens (including phenoxy) is 1. The van der Waals surface area contributed by atoms with Crippen LogP contribution in [-0.2, 0) is 16.0 Å². The Morgan fingerprint density at radius 3 is 3.00 bits per heavy atom. The van der Waals surface area contributed by atoms with Crippen LogP contribution in [0.5, 0.6) is 0 Å². The van der Waals surface area contributed by atoms with E-state index in [4.69, 9.17) is 9.84 Å². The van der Waals surface area contributed by atoms with E-state index in [0.717, 1.165) is 5.69 Å². The minimum Gasteiger partial charge on any atom is -0.394 e. The summed E-state index contributed by atoms with van der Waals surface area (Å²) in [4.78, 5) is 13.6. The zero-order valence-corrected chi connectivity index (χ0v) is 10.1. The molecule has 1 heterocycles. The minimum atomic E-state index is 0.00815. The number of likely N-dealkylation sites (N-methyl/N-ethyl adjacent to an activating group) is 1. The first kappa shape index (κ1) is 13.7. The Kier molecular flexibility index (Phi) is 6.27. The summed E-state index contributed by atoms with van der Waals surface area (Å²) in [5, 5.41) is 15.1. The average molecular weight is 241 g/mol. The van der Waals surface area contributed by atoms with Crippen LogP contribution in [-0.4, -0.2) is 59.0 Å². The van der Waals surface area contributed by atoms with Crippen molar-refractivity contribution >= 4 is 5.91 Å². The van der Waals surface area contributed by atoms with Gasteiger partial charge < -0.3 is 14.7 Å². The lowest BCUT2D eigenvalue weighted by molar-refractivity contribution is -0.131. The number of carbonyl (C=O) groups is 1. The Hall–Kier alpha value is -1.40. The molecule has 0 aromatic carbocycles. The topological polar surface area (TPSA) is 78.5 Å². The number of rotatable bonds is 8. The van der Waals surface area contributed by atoms with Crippen molar-refractivity contribution in [2.45, 2.75) is 13.3 Å². The third-order valence-electron chi connectivity index (χ3n) is 2.38. The zero-order valence-electron chi connectivity index (χ0n) is 10.1. The molecule has 6 heteroatoms. The molecule has 96 valence electrons. The molecule has 0 aliphatic rings. The maximum absolute atomic E-state index is 11.9. The number of aliphatic hydroxyl groups excluding tert-OH is 1. The number of amides is 1. The summed E-state index contributed by atoms with van der Waals surface area (Å²) >= 11 is 0. The van der Waals surface area contributed by atoms with Gasteiger partial charge in [-0.25, -0.2) is 0 Å². The van der Waals surface area contributed by atoms with Gasteiger partial charge >= 0.3 is 0 Å². The van der Waals surface area contributed by atoms with Crippen LogP contribution in [0, 0.1) is 0 Å². The lowest BCUT2D eigenvalue weighted by atomic mass is 10.3. The molecule has 0 unspecified atom stereocenters. The van der Waals surface area contributed by atoms with Crippen LogP contribution in [0.1, 0.15) is 12.6 Å². The molecule has 1 rings (SSSR count). The quantitative estimate of drug-likeness (QED) is 0.618. The molecule has 0 saturated heterocycles. The van der Waals surface area contributed by atoms with E-state index in [2.05, 4.69) is 10.2 Å². The van der Waals surface area contributed by atoms with Crippen molar-refractivity contribution in [3.63, 3.8) is 0 Å². The molecule has 2 N–H and O–H groups in total. The predicted octanol–water partition coefficient (Wildman–Crippen LogP) is -0.190. The van der Waals surface area contributed by atoms with Gasteiger partial charge in [-0.05, 0) is 13.0 Å². The van der Waals surface area contributed by atoms with Gasteiger partial charge in [-0.15, -0.1) is 0 Å². The Labute approximate surface area is 101 Å². The first-order valence-electron chi connectivity index (χ1n) is 5.72. The van der Waals surface area contributed by atoms with Gasteiger partial charge in [-0.2, -0.15) is 5.10 Å².